The predicted octanol–water partition coefficient (Wildman–Crippen LogP) is 1.52. The standard InChI is InChI=1S/C14H20N4O2S/c1-11-4-5-14(12(2)8-11)17-21(19,20)13-9-16-18(10-13)7-6-15-3/h4-5,8-10,15,17H,6-7H2,1-3H3. The molecule has 2 rings (SSSR count). The number of hydrogen-bond acceptors (Lipinski definition) is 4. The summed E-state index contributed by atoms with van der Waals surface area (Å²) in [6.45, 7) is 5.19. The van der Waals surface area contributed by atoms with Crippen molar-refractivity contribution in [3.05, 3.63) is 41.7 Å². The van der Waals surface area contributed by atoms with Crippen LogP contribution in [-0.4, -0.2) is 31.8 Å². The number of anilines is 1. The van der Waals surface area contributed by atoms with Crippen LogP contribution in [0.2, 0.25) is 0 Å². The Bertz CT molecular complexity index is 722. The normalized spacial score (nSPS) is 11.6. The number of aromatic nitrogens is 2. The maximum atomic E-state index is 12.3. The first-order valence-corrected chi connectivity index (χ1v) is 8.18. The molecule has 21 heavy (non-hydrogen) atoms. The van der Waals surface area contributed by atoms with E-state index in [1.54, 1.807) is 10.7 Å². The second kappa shape index (κ2) is 6.28. The third kappa shape index (κ3) is 3.83. The van der Waals surface area contributed by atoms with Gasteiger partial charge >= 0.3 is 0 Å². The Balaban J connectivity index is 2.19. The predicted molar refractivity (Wildman–Crippen MR) is 82.9 cm³/mol. The van der Waals surface area contributed by atoms with Crippen LogP contribution in [0.25, 0.3) is 0 Å². The van der Waals surface area contributed by atoms with Crippen LogP contribution in [0, 0.1) is 13.8 Å². The van der Waals surface area contributed by atoms with E-state index >= 15 is 0 Å². The molecule has 0 bridgehead atoms. The molecule has 1 heterocycles. The van der Waals surface area contributed by atoms with Crippen molar-refractivity contribution < 1.29 is 8.42 Å². The Morgan fingerprint density at radius 3 is 2.71 bits per heavy atom. The molecule has 0 saturated carbocycles. The average Bonchev–Trinajstić information content (AvgIpc) is 2.89. The SMILES string of the molecule is CNCCn1cc(S(=O)(=O)Nc2ccc(C)cc2C)cn1. The number of benzene rings is 1. The number of likely N-dealkylation sites (N-methyl/N-ethyl adjacent to an activating group) is 1. The van der Waals surface area contributed by atoms with Crippen molar-refractivity contribution in [3.8, 4) is 0 Å². The minimum Gasteiger partial charge on any atom is -0.318 e. The number of hydrogen-bond donors (Lipinski definition) is 2. The minimum absolute atomic E-state index is 0.165. The lowest BCUT2D eigenvalue weighted by molar-refractivity contribution is 0.582. The van der Waals surface area contributed by atoms with Crippen molar-refractivity contribution in [2.75, 3.05) is 18.3 Å². The molecule has 0 spiro atoms. The second-order valence-corrected chi connectivity index (χ2v) is 6.65. The fraction of sp³-hybridized carbons (Fsp3) is 0.357. The highest BCUT2D eigenvalue weighted by molar-refractivity contribution is 7.92. The summed E-state index contributed by atoms with van der Waals surface area (Å²) in [5.41, 5.74) is 2.57. The van der Waals surface area contributed by atoms with E-state index in [2.05, 4.69) is 15.1 Å². The quantitative estimate of drug-likeness (QED) is 0.848. The number of nitrogens with zero attached hydrogens (tertiary/aromatic N) is 2. The van der Waals surface area contributed by atoms with Crippen LogP contribution in [0.3, 0.4) is 0 Å². The van der Waals surface area contributed by atoms with Crippen LogP contribution in [0.5, 0.6) is 0 Å². The first kappa shape index (κ1) is 15.5. The Morgan fingerprint density at radius 1 is 1.29 bits per heavy atom. The third-order valence-electron chi connectivity index (χ3n) is 3.14. The molecule has 0 unspecified atom stereocenters. The van der Waals surface area contributed by atoms with Gasteiger partial charge in [0, 0.05) is 12.7 Å². The van der Waals surface area contributed by atoms with Crippen LogP contribution in [0.4, 0.5) is 5.69 Å². The maximum Gasteiger partial charge on any atom is 0.265 e. The van der Waals surface area contributed by atoms with Gasteiger partial charge in [0.15, 0.2) is 0 Å². The number of aryl methyl sites for hydroxylation is 2. The van der Waals surface area contributed by atoms with E-state index in [0.717, 1.165) is 17.7 Å². The smallest absolute Gasteiger partial charge is 0.265 e. The summed E-state index contributed by atoms with van der Waals surface area (Å²) in [7, 11) is -1.77. The molecule has 1 aromatic carbocycles. The highest BCUT2D eigenvalue weighted by Gasteiger charge is 2.17. The maximum absolute atomic E-state index is 12.3. The van der Waals surface area contributed by atoms with Gasteiger partial charge in [0.1, 0.15) is 4.90 Å². The molecule has 6 nitrogen and oxygen atoms in total. The van der Waals surface area contributed by atoms with Gasteiger partial charge < -0.3 is 5.32 Å². The van der Waals surface area contributed by atoms with Crippen LogP contribution >= 0.6 is 0 Å². The van der Waals surface area contributed by atoms with Gasteiger partial charge in [-0.15, -0.1) is 0 Å². The summed E-state index contributed by atoms with van der Waals surface area (Å²) in [5.74, 6) is 0. The summed E-state index contributed by atoms with van der Waals surface area (Å²) in [6, 6.07) is 5.59. The van der Waals surface area contributed by atoms with Crippen LogP contribution in [-0.2, 0) is 16.6 Å². The summed E-state index contributed by atoms with van der Waals surface area (Å²) < 4.78 is 28.9. The lowest BCUT2D eigenvalue weighted by Gasteiger charge is -2.09. The zero-order valence-corrected chi connectivity index (χ0v) is 13.2. The molecule has 7 heteroatoms. The summed E-state index contributed by atoms with van der Waals surface area (Å²) in [5, 5.41) is 7.05. The fourth-order valence-electron chi connectivity index (χ4n) is 1.96. The van der Waals surface area contributed by atoms with E-state index in [0.29, 0.717) is 12.2 Å². The van der Waals surface area contributed by atoms with Gasteiger partial charge in [0.05, 0.1) is 18.4 Å². The molecule has 2 aromatic rings. The van der Waals surface area contributed by atoms with Crippen LogP contribution in [0.1, 0.15) is 11.1 Å². The molecule has 0 aliphatic heterocycles. The zero-order valence-electron chi connectivity index (χ0n) is 12.4. The zero-order chi connectivity index (χ0) is 15.5. The third-order valence-corrected chi connectivity index (χ3v) is 4.46. The van der Waals surface area contributed by atoms with E-state index in [1.165, 1.54) is 12.4 Å². The highest BCUT2D eigenvalue weighted by atomic mass is 32.2. The fourth-order valence-corrected chi connectivity index (χ4v) is 3.05. The van der Waals surface area contributed by atoms with Crippen molar-refractivity contribution in [2.24, 2.45) is 0 Å². The molecule has 0 saturated heterocycles. The van der Waals surface area contributed by atoms with Crippen molar-refractivity contribution in [2.45, 2.75) is 25.3 Å². The summed E-state index contributed by atoms with van der Waals surface area (Å²) in [4.78, 5) is 0.165. The molecular weight excluding hydrogens is 288 g/mol. The first-order chi connectivity index (χ1) is 9.92. The molecule has 0 atom stereocenters. The Morgan fingerprint density at radius 2 is 2.05 bits per heavy atom. The van der Waals surface area contributed by atoms with Gasteiger partial charge in [-0.2, -0.15) is 5.10 Å². The highest BCUT2D eigenvalue weighted by Crippen LogP contribution is 2.20. The number of rotatable bonds is 6. The van der Waals surface area contributed by atoms with Crippen molar-refractivity contribution in [3.63, 3.8) is 0 Å². The van der Waals surface area contributed by atoms with Gasteiger partial charge in [-0.25, -0.2) is 8.42 Å². The lowest BCUT2D eigenvalue weighted by atomic mass is 10.1. The van der Waals surface area contributed by atoms with Crippen molar-refractivity contribution >= 4 is 15.7 Å². The summed E-state index contributed by atoms with van der Waals surface area (Å²) in [6.07, 6.45) is 2.89. The van der Waals surface area contributed by atoms with Crippen molar-refractivity contribution in [1.82, 2.24) is 15.1 Å². The topological polar surface area (TPSA) is 76.0 Å². The Hall–Kier alpha value is -1.86. The minimum atomic E-state index is -3.61. The molecule has 0 aliphatic rings. The molecule has 114 valence electrons. The van der Waals surface area contributed by atoms with Gasteiger partial charge in [-0.1, -0.05) is 17.7 Å². The van der Waals surface area contributed by atoms with Crippen LogP contribution in [0.15, 0.2) is 35.5 Å². The van der Waals surface area contributed by atoms with Gasteiger partial charge in [0.25, 0.3) is 10.0 Å². The lowest BCUT2D eigenvalue weighted by Crippen LogP contribution is -2.15. The molecule has 1 aromatic heterocycles. The van der Waals surface area contributed by atoms with Gasteiger partial charge in [-0.3, -0.25) is 9.40 Å². The first-order valence-electron chi connectivity index (χ1n) is 6.69. The van der Waals surface area contributed by atoms with Gasteiger partial charge in [0.2, 0.25) is 0 Å². The van der Waals surface area contributed by atoms with E-state index in [4.69, 9.17) is 0 Å². The van der Waals surface area contributed by atoms with E-state index in [-0.39, 0.29) is 4.90 Å². The Kier molecular flexibility index (Phi) is 4.64. The summed E-state index contributed by atoms with van der Waals surface area (Å²) >= 11 is 0. The van der Waals surface area contributed by atoms with E-state index in [1.807, 2.05) is 33.0 Å². The van der Waals surface area contributed by atoms with E-state index < -0.39 is 10.0 Å². The largest absolute Gasteiger partial charge is 0.318 e. The van der Waals surface area contributed by atoms with Crippen molar-refractivity contribution in [1.29, 1.82) is 0 Å². The monoisotopic (exact) mass is 308 g/mol. The molecule has 0 fully saturated rings. The second-order valence-electron chi connectivity index (χ2n) is 4.97. The van der Waals surface area contributed by atoms with Crippen LogP contribution < -0.4 is 10.0 Å². The van der Waals surface area contributed by atoms with Gasteiger partial charge in [-0.05, 0) is 32.5 Å². The molecular formula is C14H20N4O2S. The number of nitrogens with one attached hydrogen (secondary N) is 2. The average molecular weight is 308 g/mol. The molecule has 0 aliphatic carbocycles. The van der Waals surface area contributed by atoms with E-state index in [9.17, 15) is 8.42 Å². The molecule has 0 amide bonds. The Labute approximate surface area is 125 Å². The molecule has 2 N–H and O–H groups in total. The molecule has 0 radical (unpaired) electrons. The number of sulfonamides is 1.